The summed E-state index contributed by atoms with van der Waals surface area (Å²) in [5.41, 5.74) is 1.43. The number of hydrogen-bond acceptors (Lipinski definition) is 2. The van der Waals surface area contributed by atoms with Gasteiger partial charge < -0.3 is 10.1 Å². The molecule has 0 spiro atoms. The molecule has 1 aromatic rings. The lowest BCUT2D eigenvalue weighted by Crippen LogP contribution is -2.25. The first-order valence-corrected chi connectivity index (χ1v) is 8.02. The van der Waals surface area contributed by atoms with Crippen LogP contribution in [-0.4, -0.2) is 26.8 Å². The quantitative estimate of drug-likeness (QED) is 0.645. The predicted molar refractivity (Wildman–Crippen MR) is 85.8 cm³/mol. The lowest BCUT2D eigenvalue weighted by Gasteiger charge is -2.18. The number of hydrogen-bond donors (Lipinski definition) is 1. The number of unbranched alkanes of at least 4 members (excludes halogenated alkanes) is 2. The Kier molecular flexibility index (Phi) is 9.14. The zero-order valence-electron chi connectivity index (χ0n) is 12.1. The van der Waals surface area contributed by atoms with Gasteiger partial charge in [-0.2, -0.15) is 0 Å². The molecule has 0 saturated heterocycles. The van der Waals surface area contributed by atoms with Crippen LogP contribution in [0.1, 0.15) is 44.1 Å². The Morgan fingerprint density at radius 2 is 2.16 bits per heavy atom. The second-order valence-corrected chi connectivity index (χ2v) is 5.86. The van der Waals surface area contributed by atoms with Crippen LogP contribution in [-0.2, 0) is 4.74 Å². The molecule has 108 valence electrons. The first kappa shape index (κ1) is 16.7. The zero-order valence-corrected chi connectivity index (χ0v) is 13.7. The average Bonchev–Trinajstić information content (AvgIpc) is 2.41. The fourth-order valence-electron chi connectivity index (χ4n) is 2.24. The third kappa shape index (κ3) is 7.09. The van der Waals surface area contributed by atoms with Gasteiger partial charge in [-0.25, -0.2) is 0 Å². The van der Waals surface area contributed by atoms with Gasteiger partial charge in [-0.1, -0.05) is 54.2 Å². The highest BCUT2D eigenvalue weighted by Crippen LogP contribution is 2.24. The Morgan fingerprint density at radius 3 is 2.84 bits per heavy atom. The molecule has 0 radical (unpaired) electrons. The van der Waals surface area contributed by atoms with Gasteiger partial charge in [-0.15, -0.1) is 0 Å². The Morgan fingerprint density at radius 1 is 1.32 bits per heavy atom. The van der Waals surface area contributed by atoms with E-state index in [0.717, 1.165) is 19.7 Å². The smallest absolute Gasteiger partial charge is 0.0587 e. The van der Waals surface area contributed by atoms with Crippen molar-refractivity contribution in [3.8, 4) is 0 Å². The average molecular weight is 328 g/mol. The van der Waals surface area contributed by atoms with Crippen molar-refractivity contribution in [1.29, 1.82) is 0 Å². The van der Waals surface area contributed by atoms with Crippen molar-refractivity contribution < 1.29 is 4.74 Å². The molecule has 0 fully saturated rings. The Labute approximate surface area is 126 Å². The highest BCUT2D eigenvalue weighted by atomic mass is 79.9. The minimum Gasteiger partial charge on any atom is -0.383 e. The predicted octanol–water partition coefficient (Wildman–Crippen LogP) is 4.35. The number of methoxy groups -OCH3 is 1. The zero-order chi connectivity index (χ0) is 13.9. The Hall–Kier alpha value is -0.380. The fourth-order valence-corrected chi connectivity index (χ4v) is 2.66. The largest absolute Gasteiger partial charge is 0.383 e. The van der Waals surface area contributed by atoms with Crippen LogP contribution < -0.4 is 5.32 Å². The minimum absolute atomic E-state index is 0.598. The van der Waals surface area contributed by atoms with Crippen molar-refractivity contribution in [2.24, 2.45) is 0 Å². The van der Waals surface area contributed by atoms with E-state index in [0.29, 0.717) is 5.92 Å². The van der Waals surface area contributed by atoms with Crippen molar-refractivity contribution in [1.82, 2.24) is 5.32 Å². The molecule has 1 aromatic carbocycles. The van der Waals surface area contributed by atoms with E-state index in [4.69, 9.17) is 4.74 Å². The topological polar surface area (TPSA) is 21.3 Å². The second-order valence-electron chi connectivity index (χ2n) is 4.94. The van der Waals surface area contributed by atoms with Gasteiger partial charge in [0, 0.05) is 24.7 Å². The van der Waals surface area contributed by atoms with Gasteiger partial charge in [-0.05, 0) is 30.0 Å². The summed E-state index contributed by atoms with van der Waals surface area (Å²) in [5.74, 6) is 0.598. The van der Waals surface area contributed by atoms with Crippen LogP contribution in [0.25, 0.3) is 0 Å². The number of nitrogens with one attached hydrogen (secondary N) is 1. The summed E-state index contributed by atoms with van der Waals surface area (Å²) in [7, 11) is 1.74. The number of halogens is 1. The summed E-state index contributed by atoms with van der Waals surface area (Å²) in [6.45, 7) is 4.99. The molecule has 0 aromatic heterocycles. The molecule has 0 amide bonds. The van der Waals surface area contributed by atoms with Crippen LogP contribution in [0.5, 0.6) is 0 Å². The van der Waals surface area contributed by atoms with Gasteiger partial charge in [0.2, 0.25) is 0 Å². The molecule has 0 aliphatic rings. The molecule has 0 aliphatic heterocycles. The Bertz CT molecular complexity index is 343. The molecule has 1 unspecified atom stereocenters. The highest BCUT2D eigenvalue weighted by Gasteiger charge is 2.11. The van der Waals surface area contributed by atoms with Crippen LogP contribution in [0.4, 0.5) is 0 Å². The minimum atomic E-state index is 0.598. The van der Waals surface area contributed by atoms with Gasteiger partial charge in [0.05, 0.1) is 6.61 Å². The summed E-state index contributed by atoms with van der Waals surface area (Å²) in [6, 6.07) is 8.69. The summed E-state index contributed by atoms with van der Waals surface area (Å²) < 4.78 is 6.25. The molecular formula is C16H26BrNO. The SMILES string of the molecule is CCCCCC(CNCCOC)c1cccc(Br)c1. The Balaban J connectivity index is 2.52. The molecule has 2 nitrogen and oxygen atoms in total. The molecule has 19 heavy (non-hydrogen) atoms. The summed E-state index contributed by atoms with van der Waals surface area (Å²) in [5, 5.41) is 3.49. The molecular weight excluding hydrogens is 302 g/mol. The first-order valence-electron chi connectivity index (χ1n) is 7.23. The molecule has 0 aliphatic carbocycles. The van der Waals surface area contributed by atoms with Crippen LogP contribution in [0.15, 0.2) is 28.7 Å². The van der Waals surface area contributed by atoms with Crippen molar-refractivity contribution >= 4 is 15.9 Å². The van der Waals surface area contributed by atoms with Gasteiger partial charge >= 0.3 is 0 Å². The van der Waals surface area contributed by atoms with Crippen LogP contribution in [0.2, 0.25) is 0 Å². The fraction of sp³-hybridized carbons (Fsp3) is 0.625. The van der Waals surface area contributed by atoms with E-state index in [1.54, 1.807) is 7.11 Å². The third-order valence-electron chi connectivity index (χ3n) is 3.35. The van der Waals surface area contributed by atoms with Crippen molar-refractivity contribution in [3.05, 3.63) is 34.3 Å². The monoisotopic (exact) mass is 327 g/mol. The molecule has 3 heteroatoms. The van der Waals surface area contributed by atoms with E-state index in [2.05, 4.69) is 52.4 Å². The van der Waals surface area contributed by atoms with Crippen LogP contribution >= 0.6 is 15.9 Å². The maximum atomic E-state index is 5.08. The van der Waals surface area contributed by atoms with E-state index in [9.17, 15) is 0 Å². The summed E-state index contributed by atoms with van der Waals surface area (Å²) >= 11 is 3.56. The first-order chi connectivity index (χ1) is 9.27. The second kappa shape index (κ2) is 10.4. The molecule has 1 rings (SSSR count). The van der Waals surface area contributed by atoms with Crippen LogP contribution in [0.3, 0.4) is 0 Å². The molecule has 1 atom stereocenters. The van der Waals surface area contributed by atoms with Gasteiger partial charge in [0.1, 0.15) is 0 Å². The summed E-state index contributed by atoms with van der Waals surface area (Å²) in [4.78, 5) is 0. The molecule has 0 bridgehead atoms. The van der Waals surface area contributed by atoms with Crippen LogP contribution in [0, 0.1) is 0 Å². The van der Waals surface area contributed by atoms with Crippen molar-refractivity contribution in [2.45, 2.75) is 38.5 Å². The van der Waals surface area contributed by atoms with E-state index < -0.39 is 0 Å². The highest BCUT2D eigenvalue weighted by molar-refractivity contribution is 9.10. The maximum Gasteiger partial charge on any atom is 0.0587 e. The number of rotatable bonds is 10. The molecule has 0 heterocycles. The third-order valence-corrected chi connectivity index (χ3v) is 3.84. The lowest BCUT2D eigenvalue weighted by molar-refractivity contribution is 0.198. The normalized spacial score (nSPS) is 12.6. The standard InChI is InChI=1S/C16H26BrNO/c1-3-4-5-7-15(13-18-10-11-19-2)14-8-6-9-16(17)12-14/h6,8-9,12,15,18H,3-5,7,10-11,13H2,1-2H3. The van der Waals surface area contributed by atoms with E-state index in [-0.39, 0.29) is 0 Å². The van der Waals surface area contributed by atoms with Gasteiger partial charge in [0.15, 0.2) is 0 Å². The summed E-state index contributed by atoms with van der Waals surface area (Å²) in [6.07, 6.45) is 5.16. The van der Waals surface area contributed by atoms with Crippen molar-refractivity contribution in [2.75, 3.05) is 26.8 Å². The van der Waals surface area contributed by atoms with E-state index in [1.165, 1.54) is 35.7 Å². The molecule has 1 N–H and O–H groups in total. The van der Waals surface area contributed by atoms with Gasteiger partial charge in [-0.3, -0.25) is 0 Å². The van der Waals surface area contributed by atoms with E-state index in [1.807, 2.05) is 0 Å². The maximum absolute atomic E-state index is 5.08. The van der Waals surface area contributed by atoms with Gasteiger partial charge in [0.25, 0.3) is 0 Å². The molecule has 0 saturated carbocycles. The lowest BCUT2D eigenvalue weighted by atomic mass is 9.93. The van der Waals surface area contributed by atoms with Crippen molar-refractivity contribution in [3.63, 3.8) is 0 Å². The number of ether oxygens (including phenoxy) is 1. The number of benzene rings is 1. The van der Waals surface area contributed by atoms with E-state index >= 15 is 0 Å².